The first-order valence-electron chi connectivity index (χ1n) is 6.58. The minimum Gasteiger partial charge on any atom is -0.377 e. The van der Waals surface area contributed by atoms with E-state index >= 15 is 0 Å². The van der Waals surface area contributed by atoms with Crippen molar-refractivity contribution in [2.75, 3.05) is 37.1 Å². The Bertz CT molecular complexity index is 421. The minimum absolute atomic E-state index is 0.326. The summed E-state index contributed by atoms with van der Waals surface area (Å²) >= 11 is 2.04. The monoisotopic (exact) mass is 282 g/mol. The Balaban J connectivity index is 2.04. The molecule has 0 aliphatic carbocycles. The summed E-state index contributed by atoms with van der Waals surface area (Å²) < 4.78 is 5.42. The molecule has 1 unspecified atom stereocenters. The van der Waals surface area contributed by atoms with Gasteiger partial charge in [-0.1, -0.05) is 0 Å². The third-order valence-corrected chi connectivity index (χ3v) is 4.78. The third kappa shape index (κ3) is 3.98. The number of hydrogen-bond acceptors (Lipinski definition) is 6. The molecule has 1 saturated heterocycles. The molecule has 0 spiro atoms. The van der Waals surface area contributed by atoms with E-state index in [0.717, 1.165) is 18.2 Å². The number of aromatic nitrogens is 2. The molecule has 5 nitrogen and oxygen atoms in total. The van der Waals surface area contributed by atoms with Crippen LogP contribution in [0.5, 0.6) is 0 Å². The number of nitrogens with one attached hydrogen (secondary N) is 2. The maximum absolute atomic E-state index is 5.10. The lowest BCUT2D eigenvalue weighted by Gasteiger charge is -2.23. The van der Waals surface area contributed by atoms with E-state index in [2.05, 4.69) is 27.5 Å². The zero-order chi connectivity index (χ0) is 13.7. The van der Waals surface area contributed by atoms with Crippen molar-refractivity contribution in [2.24, 2.45) is 0 Å². The van der Waals surface area contributed by atoms with Crippen LogP contribution in [0.3, 0.4) is 0 Å². The molecule has 0 radical (unpaired) electrons. The van der Waals surface area contributed by atoms with E-state index in [1.807, 2.05) is 24.9 Å². The fraction of sp³-hybridized carbons (Fsp3) is 0.692. The van der Waals surface area contributed by atoms with Crippen LogP contribution in [0.15, 0.2) is 6.07 Å². The molecule has 2 N–H and O–H groups in total. The Labute approximate surface area is 118 Å². The highest BCUT2D eigenvalue weighted by Crippen LogP contribution is 2.37. The lowest BCUT2D eigenvalue weighted by molar-refractivity contribution is 0.178. The summed E-state index contributed by atoms with van der Waals surface area (Å²) in [6.45, 7) is 3.67. The molecule has 0 aromatic carbocycles. The normalized spacial score (nSPS) is 22.5. The summed E-state index contributed by atoms with van der Waals surface area (Å²) in [6, 6.07) is 1.93. The predicted molar refractivity (Wildman–Crippen MR) is 80.9 cm³/mol. The van der Waals surface area contributed by atoms with Crippen molar-refractivity contribution in [1.29, 1.82) is 0 Å². The third-order valence-electron chi connectivity index (χ3n) is 3.25. The molecule has 0 bridgehead atoms. The number of rotatable bonds is 6. The van der Waals surface area contributed by atoms with Gasteiger partial charge in [0.1, 0.15) is 18.2 Å². The Morgan fingerprint density at radius 1 is 1.42 bits per heavy atom. The van der Waals surface area contributed by atoms with Crippen LogP contribution < -0.4 is 10.6 Å². The van der Waals surface area contributed by atoms with E-state index in [0.29, 0.717) is 17.2 Å². The highest BCUT2D eigenvalue weighted by Gasteiger charge is 2.29. The molecule has 0 saturated carbocycles. The molecule has 1 atom stereocenters. The summed E-state index contributed by atoms with van der Waals surface area (Å²) in [6.07, 6.45) is 2.57. The number of hydrogen-bond donors (Lipinski definition) is 2. The zero-order valence-corrected chi connectivity index (χ0v) is 12.6. The average molecular weight is 282 g/mol. The first-order valence-corrected chi connectivity index (χ1v) is 7.56. The van der Waals surface area contributed by atoms with Crippen molar-refractivity contribution < 1.29 is 4.74 Å². The standard InChI is InChI=1S/C13H22N4OS/c1-13(5-4-6-19-13)9-15-11-7-10(14-2)16-12(17-11)8-18-3/h7H,4-6,8-9H2,1-3H3,(H2,14,15,16,17). The fourth-order valence-electron chi connectivity index (χ4n) is 2.16. The Morgan fingerprint density at radius 3 is 2.84 bits per heavy atom. The first-order chi connectivity index (χ1) is 9.15. The van der Waals surface area contributed by atoms with Gasteiger partial charge in [-0.2, -0.15) is 11.8 Å². The largest absolute Gasteiger partial charge is 0.377 e. The summed E-state index contributed by atoms with van der Waals surface area (Å²) in [5.41, 5.74) is 0. The number of nitrogens with zero attached hydrogens (tertiary/aromatic N) is 2. The summed E-state index contributed by atoms with van der Waals surface area (Å²) in [7, 11) is 3.51. The Morgan fingerprint density at radius 2 is 2.21 bits per heavy atom. The van der Waals surface area contributed by atoms with Crippen molar-refractivity contribution in [1.82, 2.24) is 9.97 Å². The number of ether oxygens (including phenoxy) is 1. The number of anilines is 2. The van der Waals surface area contributed by atoms with Gasteiger partial charge >= 0.3 is 0 Å². The van der Waals surface area contributed by atoms with Crippen LogP contribution in [-0.4, -0.2) is 41.2 Å². The zero-order valence-electron chi connectivity index (χ0n) is 11.8. The van der Waals surface area contributed by atoms with Crippen LogP contribution in [0.1, 0.15) is 25.6 Å². The molecule has 1 aromatic rings. The summed E-state index contributed by atoms with van der Waals surface area (Å²) in [5, 5.41) is 6.48. The highest BCUT2D eigenvalue weighted by molar-refractivity contribution is 8.00. The molecular formula is C13H22N4OS. The molecule has 1 fully saturated rings. The van der Waals surface area contributed by atoms with Gasteiger partial charge in [-0.3, -0.25) is 0 Å². The van der Waals surface area contributed by atoms with Crippen LogP contribution in [0.2, 0.25) is 0 Å². The van der Waals surface area contributed by atoms with Crippen molar-refractivity contribution in [2.45, 2.75) is 31.1 Å². The highest BCUT2D eigenvalue weighted by atomic mass is 32.2. The minimum atomic E-state index is 0.326. The van der Waals surface area contributed by atoms with Gasteiger partial charge in [0.25, 0.3) is 0 Å². The molecule has 2 heterocycles. The molecule has 106 valence electrons. The SMILES string of the molecule is CNc1cc(NCC2(C)CCCS2)nc(COC)n1. The number of thioether (sulfide) groups is 1. The lowest BCUT2D eigenvalue weighted by Crippen LogP contribution is -2.27. The second-order valence-corrected chi connectivity index (χ2v) is 6.68. The molecule has 1 aromatic heterocycles. The van der Waals surface area contributed by atoms with Gasteiger partial charge in [0.15, 0.2) is 5.82 Å². The van der Waals surface area contributed by atoms with Gasteiger partial charge < -0.3 is 15.4 Å². The lowest BCUT2D eigenvalue weighted by atomic mass is 10.1. The molecular weight excluding hydrogens is 260 g/mol. The maximum atomic E-state index is 5.10. The van der Waals surface area contributed by atoms with Crippen molar-refractivity contribution in [3.63, 3.8) is 0 Å². The maximum Gasteiger partial charge on any atom is 0.158 e. The Kier molecular flexibility index (Phi) is 4.87. The van der Waals surface area contributed by atoms with E-state index in [-0.39, 0.29) is 0 Å². The van der Waals surface area contributed by atoms with E-state index < -0.39 is 0 Å². The summed E-state index contributed by atoms with van der Waals surface area (Å²) in [4.78, 5) is 8.81. The molecule has 0 amide bonds. The smallest absolute Gasteiger partial charge is 0.158 e. The molecule has 19 heavy (non-hydrogen) atoms. The van der Waals surface area contributed by atoms with E-state index in [9.17, 15) is 0 Å². The van der Waals surface area contributed by atoms with Gasteiger partial charge in [-0.15, -0.1) is 0 Å². The fourth-order valence-corrected chi connectivity index (χ4v) is 3.41. The van der Waals surface area contributed by atoms with E-state index in [1.165, 1.54) is 18.6 Å². The van der Waals surface area contributed by atoms with Crippen LogP contribution in [0.25, 0.3) is 0 Å². The predicted octanol–water partition coefficient (Wildman–Crippen LogP) is 2.36. The van der Waals surface area contributed by atoms with Gasteiger partial charge in [0.05, 0.1) is 0 Å². The van der Waals surface area contributed by atoms with Gasteiger partial charge in [-0.05, 0) is 25.5 Å². The van der Waals surface area contributed by atoms with E-state index in [1.54, 1.807) is 7.11 Å². The first kappa shape index (κ1) is 14.4. The van der Waals surface area contributed by atoms with Crippen LogP contribution in [0.4, 0.5) is 11.6 Å². The van der Waals surface area contributed by atoms with Crippen LogP contribution >= 0.6 is 11.8 Å². The average Bonchev–Trinajstić information content (AvgIpc) is 2.84. The van der Waals surface area contributed by atoms with Gasteiger partial charge in [0, 0.05) is 31.5 Å². The molecule has 1 aliphatic heterocycles. The van der Waals surface area contributed by atoms with Crippen molar-refractivity contribution >= 4 is 23.4 Å². The van der Waals surface area contributed by atoms with Crippen LogP contribution in [0, 0.1) is 0 Å². The quantitative estimate of drug-likeness (QED) is 0.835. The second kappa shape index (κ2) is 6.43. The van der Waals surface area contributed by atoms with Crippen molar-refractivity contribution in [3.8, 4) is 0 Å². The van der Waals surface area contributed by atoms with Crippen molar-refractivity contribution in [3.05, 3.63) is 11.9 Å². The van der Waals surface area contributed by atoms with E-state index in [4.69, 9.17) is 4.74 Å². The summed E-state index contributed by atoms with van der Waals surface area (Å²) in [5.74, 6) is 3.63. The van der Waals surface area contributed by atoms with Gasteiger partial charge in [-0.25, -0.2) is 9.97 Å². The molecule has 1 aliphatic rings. The topological polar surface area (TPSA) is 59.1 Å². The number of methoxy groups -OCH3 is 1. The Hall–Kier alpha value is -1.01. The molecule has 2 rings (SSSR count). The van der Waals surface area contributed by atoms with Crippen LogP contribution in [-0.2, 0) is 11.3 Å². The van der Waals surface area contributed by atoms with Gasteiger partial charge in [0.2, 0.25) is 0 Å². The second-order valence-electron chi connectivity index (χ2n) is 4.99. The molecule has 6 heteroatoms.